The first-order chi connectivity index (χ1) is 29.0. The van der Waals surface area contributed by atoms with Gasteiger partial charge in [-0.1, -0.05) is 35.9 Å². The van der Waals surface area contributed by atoms with Crippen molar-refractivity contribution in [1.82, 2.24) is 24.5 Å². The van der Waals surface area contributed by atoms with E-state index in [9.17, 15) is 29.1 Å². The highest BCUT2D eigenvalue weighted by Gasteiger charge is 2.37. The lowest BCUT2D eigenvalue weighted by molar-refractivity contribution is -0.145. The first kappa shape index (κ1) is 43.5. The number of halogens is 1. The molecule has 2 aromatic carbocycles. The highest BCUT2D eigenvalue weighted by molar-refractivity contribution is 6.32. The van der Waals surface area contributed by atoms with Crippen molar-refractivity contribution >= 4 is 47.2 Å². The van der Waals surface area contributed by atoms with E-state index >= 15 is 0 Å². The Balaban J connectivity index is 0.876. The van der Waals surface area contributed by atoms with Crippen LogP contribution in [0, 0.1) is 18.8 Å². The van der Waals surface area contributed by atoms with Crippen molar-refractivity contribution in [2.24, 2.45) is 11.8 Å². The fourth-order valence-corrected chi connectivity index (χ4v) is 10.0. The predicted molar refractivity (Wildman–Crippen MR) is 227 cm³/mol. The third kappa shape index (κ3) is 11.0. The van der Waals surface area contributed by atoms with Gasteiger partial charge in [-0.25, -0.2) is 9.59 Å². The van der Waals surface area contributed by atoms with Crippen molar-refractivity contribution in [3.63, 3.8) is 0 Å². The number of aryl methyl sites for hydroxylation is 1. The smallest absolute Gasteiger partial charge is 0.410 e. The van der Waals surface area contributed by atoms with Crippen LogP contribution >= 0.6 is 11.6 Å². The molecule has 2 N–H and O–H groups in total. The Kier molecular flexibility index (Phi) is 14.8. The van der Waals surface area contributed by atoms with E-state index in [0.29, 0.717) is 94.5 Å². The van der Waals surface area contributed by atoms with Gasteiger partial charge < -0.3 is 39.5 Å². The second-order valence-electron chi connectivity index (χ2n) is 17.3. The Labute approximate surface area is 358 Å². The first-order valence-corrected chi connectivity index (χ1v) is 22.4. The van der Waals surface area contributed by atoms with Crippen LogP contribution in [0.25, 0.3) is 0 Å². The number of nitrogens with zero attached hydrogens (tertiary/aromatic N) is 5. The molecule has 14 nitrogen and oxygen atoms in total. The van der Waals surface area contributed by atoms with Crippen molar-refractivity contribution in [1.29, 1.82) is 0 Å². The summed E-state index contributed by atoms with van der Waals surface area (Å²) in [7, 11) is 0. The number of carbonyl (C=O) groups is 5. The van der Waals surface area contributed by atoms with Gasteiger partial charge in [-0.2, -0.15) is 0 Å². The molecule has 0 radical (unpaired) electrons. The van der Waals surface area contributed by atoms with Crippen molar-refractivity contribution < 1.29 is 38.6 Å². The summed E-state index contributed by atoms with van der Waals surface area (Å²) in [4.78, 5) is 75.1. The molecule has 5 aliphatic heterocycles. The lowest BCUT2D eigenvalue weighted by atomic mass is 9.78. The number of amides is 5. The van der Waals surface area contributed by atoms with Crippen LogP contribution in [0.4, 0.5) is 15.3 Å². The second-order valence-corrected chi connectivity index (χ2v) is 17.7. The zero-order valence-corrected chi connectivity index (χ0v) is 35.7. The van der Waals surface area contributed by atoms with Gasteiger partial charge in [-0.3, -0.25) is 19.3 Å². The van der Waals surface area contributed by atoms with Gasteiger partial charge in [0.15, 0.2) is 6.10 Å². The molecule has 2 aromatic rings. The number of carbonyl (C=O) groups excluding carboxylic acids is 5. The molecule has 15 heteroatoms. The van der Waals surface area contributed by atoms with Gasteiger partial charge in [0.25, 0.3) is 5.91 Å². The lowest BCUT2D eigenvalue weighted by Crippen LogP contribution is -2.52. The Morgan fingerprint density at radius 3 is 2.28 bits per heavy atom. The number of rotatable bonds is 12. The van der Waals surface area contributed by atoms with Crippen LogP contribution in [0.15, 0.2) is 36.4 Å². The zero-order valence-electron chi connectivity index (χ0n) is 35.0. The van der Waals surface area contributed by atoms with Crippen molar-refractivity contribution in [3.8, 4) is 5.75 Å². The molecule has 5 amide bonds. The van der Waals surface area contributed by atoms with E-state index in [2.05, 4.69) is 10.2 Å². The summed E-state index contributed by atoms with van der Waals surface area (Å²) in [6.07, 6.45) is 7.39. The summed E-state index contributed by atoms with van der Waals surface area (Å²) in [6, 6.07) is 11.1. The maximum atomic E-state index is 14.2. The van der Waals surface area contributed by atoms with Gasteiger partial charge in [0.1, 0.15) is 5.75 Å². The first-order valence-electron chi connectivity index (χ1n) is 22.1. The molecule has 5 heterocycles. The van der Waals surface area contributed by atoms with E-state index in [1.54, 1.807) is 24.0 Å². The number of phenols is 1. The number of aromatic hydroxyl groups is 1. The monoisotopic (exact) mass is 848 g/mol. The Morgan fingerprint density at radius 1 is 0.867 bits per heavy atom. The maximum Gasteiger partial charge on any atom is 0.410 e. The fourth-order valence-electron chi connectivity index (χ4n) is 9.76. The Bertz CT molecular complexity index is 1830. The third-order valence-electron chi connectivity index (χ3n) is 13.3. The number of fused-ring (bicyclic) bond motifs is 1. The fraction of sp³-hybridized carbons (Fsp3) is 0.622. The Morgan fingerprint density at radius 2 is 1.57 bits per heavy atom. The molecule has 1 atom stereocenters. The summed E-state index contributed by atoms with van der Waals surface area (Å²) in [5.74, 6) is 0.684. The highest BCUT2D eigenvalue weighted by atomic mass is 35.5. The van der Waals surface area contributed by atoms with Gasteiger partial charge in [0.05, 0.1) is 18.2 Å². The van der Waals surface area contributed by atoms with Crippen LogP contribution in [0.2, 0.25) is 5.02 Å². The highest BCUT2D eigenvalue weighted by Crippen LogP contribution is 2.34. The van der Waals surface area contributed by atoms with Gasteiger partial charge in [0, 0.05) is 70.4 Å². The van der Waals surface area contributed by atoms with E-state index in [4.69, 9.17) is 21.1 Å². The van der Waals surface area contributed by atoms with Crippen LogP contribution in [0.3, 0.4) is 0 Å². The number of phenolic OH excluding ortho intramolecular Hbond substituents is 1. The number of hydrogen-bond donors (Lipinski definition) is 2. The largest absolute Gasteiger partial charge is 0.506 e. The molecule has 0 spiro atoms. The molecule has 0 aliphatic carbocycles. The number of esters is 1. The van der Waals surface area contributed by atoms with Gasteiger partial charge in [-0.05, 0) is 125 Å². The molecule has 326 valence electrons. The minimum Gasteiger partial charge on any atom is -0.506 e. The van der Waals surface area contributed by atoms with Gasteiger partial charge in [-0.15, -0.1) is 0 Å². The van der Waals surface area contributed by atoms with E-state index in [1.165, 1.54) is 0 Å². The molecule has 0 bridgehead atoms. The summed E-state index contributed by atoms with van der Waals surface area (Å²) in [5, 5.41) is 13.5. The van der Waals surface area contributed by atoms with Crippen LogP contribution < -0.4 is 5.32 Å². The number of nitrogens with one attached hydrogen (secondary N) is 1. The van der Waals surface area contributed by atoms with E-state index < -0.39 is 12.2 Å². The summed E-state index contributed by atoms with van der Waals surface area (Å²) >= 11 is 6.33. The standard InChI is InChI=1S/C45H61ClN6O8/c1-31-27-32(28-37(46)42(31)55)29-39(60-45(58)51-23-15-36(16-24-51)52-25-14-35-7-2-3-8-38(35)47-44(52)57)43(56)50-21-12-34(13-22-50)33-10-19-48(20-11-33)30-41(54)59-26-6-18-49-17-5-4-9-40(49)53/h2-3,7-8,27-28,33-34,36,39,55H,4-6,9-26,29-30H2,1H3,(H,47,57)/t39-/m1/s1. The van der Waals surface area contributed by atoms with E-state index in [0.717, 1.165) is 75.8 Å². The number of likely N-dealkylation sites (tertiary alicyclic amines) is 4. The number of para-hydroxylation sites is 1. The number of ether oxygens (including phenoxy) is 2. The molecular formula is C45H61ClN6O8. The van der Waals surface area contributed by atoms with Crippen molar-refractivity contribution in [2.45, 2.75) is 96.1 Å². The number of hydrogen-bond acceptors (Lipinski definition) is 9. The molecule has 0 saturated carbocycles. The van der Waals surface area contributed by atoms with Crippen LogP contribution in [-0.2, 0) is 36.7 Å². The zero-order chi connectivity index (χ0) is 42.2. The van der Waals surface area contributed by atoms with E-state index in [1.807, 2.05) is 39.0 Å². The van der Waals surface area contributed by atoms with Gasteiger partial charge >= 0.3 is 18.1 Å². The van der Waals surface area contributed by atoms with Crippen molar-refractivity contribution in [3.05, 3.63) is 58.1 Å². The van der Waals surface area contributed by atoms with Crippen LogP contribution in [0.1, 0.15) is 80.9 Å². The number of anilines is 1. The SMILES string of the molecule is Cc1cc(C[C@@H](OC(=O)N2CCC(N3CCc4ccccc4NC3=O)CC2)C(=O)N2CCC(C3CCN(CC(=O)OCCCN4CCCCC4=O)CC3)CC2)cc(Cl)c1O. The van der Waals surface area contributed by atoms with E-state index in [-0.39, 0.29) is 53.6 Å². The molecule has 60 heavy (non-hydrogen) atoms. The normalized spacial score (nSPS) is 20.6. The minimum atomic E-state index is -1.07. The number of benzene rings is 2. The molecule has 4 saturated heterocycles. The summed E-state index contributed by atoms with van der Waals surface area (Å²) < 4.78 is 11.6. The lowest BCUT2D eigenvalue weighted by Gasteiger charge is -2.41. The molecule has 4 fully saturated rings. The average molecular weight is 849 g/mol. The van der Waals surface area contributed by atoms with Crippen LogP contribution in [-0.4, -0.2) is 144 Å². The van der Waals surface area contributed by atoms with Gasteiger partial charge in [0.2, 0.25) is 5.91 Å². The number of piperidine rings is 4. The molecular weight excluding hydrogens is 788 g/mol. The quantitative estimate of drug-likeness (QED) is 0.198. The maximum absolute atomic E-state index is 14.2. The van der Waals surface area contributed by atoms with Crippen LogP contribution in [0.5, 0.6) is 5.75 Å². The summed E-state index contributed by atoms with van der Waals surface area (Å²) in [6.45, 7) is 7.96. The minimum absolute atomic E-state index is 0.0174. The summed E-state index contributed by atoms with van der Waals surface area (Å²) in [5.41, 5.74) is 3.20. The predicted octanol–water partition coefficient (Wildman–Crippen LogP) is 5.85. The molecule has 7 rings (SSSR count). The molecule has 5 aliphatic rings. The number of urea groups is 1. The second kappa shape index (κ2) is 20.3. The Hall–Kier alpha value is -4.56. The third-order valence-corrected chi connectivity index (χ3v) is 13.6. The molecule has 0 aromatic heterocycles. The average Bonchev–Trinajstić information content (AvgIpc) is 3.42. The topological polar surface area (TPSA) is 152 Å². The van der Waals surface area contributed by atoms with Crippen molar-refractivity contribution in [2.75, 3.05) is 77.4 Å². The molecule has 0 unspecified atom stereocenters.